The monoisotopic (exact) mass is 247 g/mol. The topological polar surface area (TPSA) is 30.5 Å². The molecule has 1 saturated heterocycles. The number of methoxy groups -OCH3 is 1. The zero-order valence-electron chi connectivity index (χ0n) is 10.9. The fraction of sp³-hybridized carbons (Fsp3) is 0.467. The Labute approximate surface area is 109 Å². The van der Waals surface area contributed by atoms with Gasteiger partial charge in [-0.25, -0.2) is 0 Å². The highest BCUT2D eigenvalue weighted by atomic mass is 16.5. The molecule has 2 rings (SSSR count). The van der Waals surface area contributed by atoms with Crippen molar-refractivity contribution in [2.24, 2.45) is 0 Å². The highest BCUT2D eigenvalue weighted by Crippen LogP contribution is 2.30. The summed E-state index contributed by atoms with van der Waals surface area (Å²) in [5, 5.41) is 3.35. The van der Waals surface area contributed by atoms with E-state index < -0.39 is 0 Å². The van der Waals surface area contributed by atoms with Crippen molar-refractivity contribution in [2.75, 3.05) is 20.2 Å². The molecule has 0 aliphatic carbocycles. The van der Waals surface area contributed by atoms with Gasteiger partial charge in [0.2, 0.25) is 0 Å². The highest BCUT2D eigenvalue weighted by Gasteiger charge is 2.16. The number of hydrogen-bond donors (Lipinski definition) is 1. The summed E-state index contributed by atoms with van der Waals surface area (Å²) in [6.45, 7) is 5.75. The van der Waals surface area contributed by atoms with Crippen LogP contribution in [0, 0.1) is 0 Å². The molecule has 1 aliphatic heterocycles. The molecule has 1 aromatic carbocycles. The molecule has 3 heteroatoms. The van der Waals surface area contributed by atoms with Crippen LogP contribution in [-0.4, -0.2) is 26.3 Å². The standard InChI is InChI=1S/C15H21NO2/c1-3-5-12-7-8-14(15(10-12)17-2)18-13-6-4-9-16-11-13/h3,7-8,10,13,16H,1,4-6,9,11H2,2H3. The van der Waals surface area contributed by atoms with E-state index in [9.17, 15) is 0 Å². The Morgan fingerprint density at radius 1 is 1.44 bits per heavy atom. The van der Waals surface area contributed by atoms with Gasteiger partial charge in [-0.3, -0.25) is 0 Å². The average Bonchev–Trinajstić information content (AvgIpc) is 2.42. The van der Waals surface area contributed by atoms with Gasteiger partial charge in [-0.15, -0.1) is 6.58 Å². The molecule has 0 saturated carbocycles. The summed E-state index contributed by atoms with van der Waals surface area (Å²) < 4.78 is 11.4. The number of allylic oxidation sites excluding steroid dienone is 1. The number of benzene rings is 1. The second-order valence-electron chi connectivity index (χ2n) is 4.56. The largest absolute Gasteiger partial charge is 0.493 e. The summed E-state index contributed by atoms with van der Waals surface area (Å²) >= 11 is 0. The molecule has 1 atom stereocenters. The van der Waals surface area contributed by atoms with Crippen LogP contribution in [0.1, 0.15) is 18.4 Å². The molecule has 0 amide bonds. The third-order valence-electron chi connectivity index (χ3n) is 3.15. The van der Waals surface area contributed by atoms with Gasteiger partial charge in [0.15, 0.2) is 11.5 Å². The molecule has 1 fully saturated rings. The quantitative estimate of drug-likeness (QED) is 0.811. The summed E-state index contributed by atoms with van der Waals surface area (Å²) in [5.41, 5.74) is 1.19. The molecule has 1 N–H and O–H groups in total. The van der Waals surface area contributed by atoms with Crippen LogP contribution >= 0.6 is 0 Å². The molecule has 0 aromatic heterocycles. The Kier molecular flexibility index (Phi) is 4.65. The molecule has 18 heavy (non-hydrogen) atoms. The molecule has 1 unspecified atom stereocenters. The Hall–Kier alpha value is -1.48. The second-order valence-corrected chi connectivity index (χ2v) is 4.56. The molecule has 0 radical (unpaired) electrons. The number of rotatable bonds is 5. The van der Waals surface area contributed by atoms with E-state index in [1.807, 2.05) is 18.2 Å². The maximum Gasteiger partial charge on any atom is 0.161 e. The van der Waals surface area contributed by atoms with Crippen LogP contribution in [0.25, 0.3) is 0 Å². The van der Waals surface area contributed by atoms with E-state index in [2.05, 4.69) is 18.0 Å². The van der Waals surface area contributed by atoms with E-state index in [1.165, 1.54) is 12.0 Å². The lowest BCUT2D eigenvalue weighted by Gasteiger charge is -2.24. The van der Waals surface area contributed by atoms with Gasteiger partial charge in [0.25, 0.3) is 0 Å². The average molecular weight is 247 g/mol. The van der Waals surface area contributed by atoms with Gasteiger partial charge < -0.3 is 14.8 Å². The predicted molar refractivity (Wildman–Crippen MR) is 73.4 cm³/mol. The lowest BCUT2D eigenvalue weighted by atomic mass is 10.1. The van der Waals surface area contributed by atoms with Crippen molar-refractivity contribution in [3.8, 4) is 11.5 Å². The van der Waals surface area contributed by atoms with E-state index in [0.29, 0.717) is 0 Å². The third-order valence-corrected chi connectivity index (χ3v) is 3.15. The summed E-state index contributed by atoms with van der Waals surface area (Å²) in [6.07, 6.45) is 5.26. The first-order valence-corrected chi connectivity index (χ1v) is 6.48. The van der Waals surface area contributed by atoms with Crippen LogP contribution in [-0.2, 0) is 6.42 Å². The Morgan fingerprint density at radius 2 is 2.33 bits per heavy atom. The number of ether oxygens (including phenoxy) is 2. The van der Waals surface area contributed by atoms with Crippen LogP contribution in [0.5, 0.6) is 11.5 Å². The van der Waals surface area contributed by atoms with Crippen molar-refractivity contribution < 1.29 is 9.47 Å². The van der Waals surface area contributed by atoms with Gasteiger partial charge in [0.1, 0.15) is 6.10 Å². The molecule has 1 aromatic rings. The zero-order chi connectivity index (χ0) is 12.8. The van der Waals surface area contributed by atoms with Crippen molar-refractivity contribution in [1.29, 1.82) is 0 Å². The van der Waals surface area contributed by atoms with Gasteiger partial charge in [-0.2, -0.15) is 0 Å². The maximum atomic E-state index is 6.00. The molecule has 1 aliphatic rings. The van der Waals surface area contributed by atoms with Crippen molar-refractivity contribution in [3.63, 3.8) is 0 Å². The smallest absolute Gasteiger partial charge is 0.161 e. The van der Waals surface area contributed by atoms with Gasteiger partial charge in [-0.05, 0) is 43.5 Å². The van der Waals surface area contributed by atoms with Gasteiger partial charge in [-0.1, -0.05) is 12.1 Å². The Morgan fingerprint density at radius 3 is 3.00 bits per heavy atom. The first-order chi connectivity index (χ1) is 8.83. The summed E-state index contributed by atoms with van der Waals surface area (Å²) in [7, 11) is 1.68. The summed E-state index contributed by atoms with van der Waals surface area (Å²) in [5.74, 6) is 1.64. The second kappa shape index (κ2) is 6.45. The van der Waals surface area contributed by atoms with Crippen molar-refractivity contribution in [2.45, 2.75) is 25.4 Å². The minimum absolute atomic E-state index is 0.248. The van der Waals surface area contributed by atoms with Crippen LogP contribution in [0.3, 0.4) is 0 Å². The van der Waals surface area contributed by atoms with Crippen molar-refractivity contribution in [3.05, 3.63) is 36.4 Å². The first kappa shape index (κ1) is 13.0. The SMILES string of the molecule is C=CCc1ccc(OC2CCCNC2)c(OC)c1. The first-order valence-electron chi connectivity index (χ1n) is 6.48. The van der Waals surface area contributed by atoms with E-state index in [-0.39, 0.29) is 6.10 Å². The van der Waals surface area contributed by atoms with Crippen molar-refractivity contribution in [1.82, 2.24) is 5.32 Å². The van der Waals surface area contributed by atoms with Crippen LogP contribution in [0.4, 0.5) is 0 Å². The Bertz CT molecular complexity index is 397. The highest BCUT2D eigenvalue weighted by molar-refractivity contribution is 5.43. The lowest BCUT2D eigenvalue weighted by Crippen LogP contribution is -2.37. The fourth-order valence-corrected chi connectivity index (χ4v) is 2.20. The zero-order valence-corrected chi connectivity index (χ0v) is 10.9. The van der Waals surface area contributed by atoms with Gasteiger partial charge in [0.05, 0.1) is 7.11 Å². The summed E-state index contributed by atoms with van der Waals surface area (Å²) in [4.78, 5) is 0. The number of piperidine rings is 1. The fourth-order valence-electron chi connectivity index (χ4n) is 2.20. The van der Waals surface area contributed by atoms with E-state index in [4.69, 9.17) is 9.47 Å². The minimum Gasteiger partial charge on any atom is -0.493 e. The van der Waals surface area contributed by atoms with E-state index >= 15 is 0 Å². The number of nitrogens with one attached hydrogen (secondary N) is 1. The molecule has 3 nitrogen and oxygen atoms in total. The van der Waals surface area contributed by atoms with Crippen LogP contribution < -0.4 is 14.8 Å². The predicted octanol–water partition coefficient (Wildman–Crippen LogP) is 2.55. The van der Waals surface area contributed by atoms with Crippen LogP contribution in [0.2, 0.25) is 0 Å². The molecule has 1 heterocycles. The molecular weight excluding hydrogens is 226 g/mol. The maximum absolute atomic E-state index is 6.00. The van der Waals surface area contributed by atoms with E-state index in [1.54, 1.807) is 7.11 Å². The van der Waals surface area contributed by atoms with Gasteiger partial charge >= 0.3 is 0 Å². The molecule has 0 bridgehead atoms. The van der Waals surface area contributed by atoms with Crippen molar-refractivity contribution >= 4 is 0 Å². The van der Waals surface area contributed by atoms with E-state index in [0.717, 1.165) is 37.4 Å². The molecule has 98 valence electrons. The number of hydrogen-bond acceptors (Lipinski definition) is 3. The molecule has 0 spiro atoms. The lowest BCUT2D eigenvalue weighted by molar-refractivity contribution is 0.161. The van der Waals surface area contributed by atoms with Gasteiger partial charge in [0, 0.05) is 6.54 Å². The third kappa shape index (κ3) is 3.26. The minimum atomic E-state index is 0.248. The van der Waals surface area contributed by atoms with Crippen LogP contribution in [0.15, 0.2) is 30.9 Å². The Balaban J connectivity index is 2.08. The molecular formula is C15H21NO2. The summed E-state index contributed by atoms with van der Waals surface area (Å²) in [6, 6.07) is 6.08. The normalized spacial score (nSPS) is 19.3.